The van der Waals surface area contributed by atoms with E-state index >= 15 is 0 Å². The summed E-state index contributed by atoms with van der Waals surface area (Å²) in [7, 11) is 0. The Morgan fingerprint density at radius 3 is 2.87 bits per heavy atom. The van der Waals surface area contributed by atoms with Gasteiger partial charge in [0.1, 0.15) is 11.5 Å². The minimum atomic E-state index is -1.19. The zero-order chi connectivity index (χ0) is 16.8. The van der Waals surface area contributed by atoms with Gasteiger partial charge in [0.05, 0.1) is 13.2 Å². The minimum Gasteiger partial charge on any atom is -0.367 e. The van der Waals surface area contributed by atoms with Gasteiger partial charge in [-0.3, -0.25) is 9.59 Å². The van der Waals surface area contributed by atoms with Gasteiger partial charge >= 0.3 is 0 Å². The monoisotopic (exact) mass is 319 g/mol. The molecule has 23 heavy (non-hydrogen) atoms. The zero-order valence-corrected chi connectivity index (χ0v) is 13.0. The third kappa shape index (κ3) is 2.57. The van der Waals surface area contributed by atoms with Crippen LogP contribution in [0, 0.1) is 12.7 Å². The van der Waals surface area contributed by atoms with E-state index in [0.717, 1.165) is 0 Å². The Hall–Kier alpha value is -2.41. The lowest BCUT2D eigenvalue weighted by molar-refractivity contribution is -0.150. The quantitative estimate of drug-likeness (QED) is 0.875. The predicted molar refractivity (Wildman–Crippen MR) is 82.4 cm³/mol. The maximum absolute atomic E-state index is 13.4. The summed E-state index contributed by atoms with van der Waals surface area (Å²) in [5.41, 5.74) is 5.92. The van der Waals surface area contributed by atoms with Crippen molar-refractivity contribution in [2.24, 2.45) is 5.73 Å². The molecule has 1 aliphatic rings. The molecule has 7 heteroatoms. The molecule has 2 heterocycles. The number of halogens is 1. The molecule has 0 radical (unpaired) electrons. The van der Waals surface area contributed by atoms with Crippen molar-refractivity contribution >= 4 is 22.7 Å². The second-order valence-corrected chi connectivity index (χ2v) is 5.99. The van der Waals surface area contributed by atoms with Gasteiger partial charge in [0.25, 0.3) is 11.8 Å². The summed E-state index contributed by atoms with van der Waals surface area (Å²) in [6.07, 6.45) is 0. The fourth-order valence-corrected chi connectivity index (χ4v) is 2.86. The number of aryl methyl sites for hydroxylation is 1. The summed E-state index contributed by atoms with van der Waals surface area (Å²) >= 11 is 0. The van der Waals surface area contributed by atoms with Gasteiger partial charge in [-0.15, -0.1) is 0 Å². The Morgan fingerprint density at radius 1 is 1.43 bits per heavy atom. The molecule has 6 nitrogen and oxygen atoms in total. The highest BCUT2D eigenvalue weighted by Gasteiger charge is 2.39. The molecule has 1 unspecified atom stereocenters. The SMILES string of the molecule is Cc1c(C(=O)N2CCOC(C)(C(N)=O)C2)[nH]c2ccc(F)cc12. The summed E-state index contributed by atoms with van der Waals surface area (Å²) in [4.78, 5) is 28.9. The fraction of sp³-hybridized carbons (Fsp3) is 0.375. The Bertz CT molecular complexity index is 801. The summed E-state index contributed by atoms with van der Waals surface area (Å²) in [6, 6.07) is 4.33. The van der Waals surface area contributed by atoms with Crippen LogP contribution in [0.25, 0.3) is 10.9 Å². The highest BCUT2D eigenvalue weighted by atomic mass is 19.1. The molecule has 1 atom stereocenters. The maximum Gasteiger partial charge on any atom is 0.270 e. The van der Waals surface area contributed by atoms with E-state index in [9.17, 15) is 14.0 Å². The van der Waals surface area contributed by atoms with Crippen molar-refractivity contribution in [2.45, 2.75) is 19.4 Å². The lowest BCUT2D eigenvalue weighted by Crippen LogP contribution is -2.58. The minimum absolute atomic E-state index is 0.0876. The summed E-state index contributed by atoms with van der Waals surface area (Å²) in [5, 5.41) is 0.666. The van der Waals surface area contributed by atoms with E-state index in [1.165, 1.54) is 17.0 Å². The van der Waals surface area contributed by atoms with Crippen LogP contribution in [0.5, 0.6) is 0 Å². The molecule has 122 valence electrons. The van der Waals surface area contributed by atoms with E-state index in [4.69, 9.17) is 10.5 Å². The average molecular weight is 319 g/mol. The number of morpholine rings is 1. The first-order valence-electron chi connectivity index (χ1n) is 7.33. The summed E-state index contributed by atoms with van der Waals surface area (Å²) in [5.74, 6) is -1.22. The number of carbonyl (C=O) groups excluding carboxylic acids is 2. The van der Waals surface area contributed by atoms with E-state index in [-0.39, 0.29) is 24.9 Å². The van der Waals surface area contributed by atoms with Gasteiger partial charge in [0, 0.05) is 17.4 Å². The molecule has 0 saturated carbocycles. The molecule has 0 bridgehead atoms. The number of hydrogen-bond donors (Lipinski definition) is 2. The molecule has 0 spiro atoms. The number of fused-ring (bicyclic) bond motifs is 1. The summed E-state index contributed by atoms with van der Waals surface area (Å²) < 4.78 is 18.8. The molecule has 3 rings (SSSR count). The van der Waals surface area contributed by atoms with Gasteiger partial charge < -0.3 is 20.4 Å². The number of benzene rings is 1. The number of ether oxygens (including phenoxy) is 1. The standard InChI is InChI=1S/C16H18FN3O3/c1-9-11-7-10(17)3-4-12(11)19-13(9)14(21)20-5-6-23-16(2,8-20)15(18)22/h3-4,7,19H,5-6,8H2,1-2H3,(H2,18,22). The number of primary amides is 1. The zero-order valence-electron chi connectivity index (χ0n) is 13.0. The number of nitrogens with zero attached hydrogens (tertiary/aromatic N) is 1. The number of H-pyrrole nitrogens is 1. The molecule has 1 aliphatic heterocycles. The Morgan fingerprint density at radius 2 is 2.17 bits per heavy atom. The molecule has 1 aromatic carbocycles. The lowest BCUT2D eigenvalue weighted by atomic mass is 10.0. The van der Waals surface area contributed by atoms with Crippen LogP contribution in [0.4, 0.5) is 4.39 Å². The highest BCUT2D eigenvalue weighted by molar-refractivity contribution is 6.01. The predicted octanol–water partition coefficient (Wildman–Crippen LogP) is 1.33. The van der Waals surface area contributed by atoms with Crippen LogP contribution in [0.2, 0.25) is 0 Å². The Kier molecular flexibility index (Phi) is 3.60. The van der Waals surface area contributed by atoms with Gasteiger partial charge in [-0.2, -0.15) is 0 Å². The van der Waals surface area contributed by atoms with Crippen molar-refractivity contribution < 1.29 is 18.7 Å². The van der Waals surface area contributed by atoms with Crippen molar-refractivity contribution in [1.82, 2.24) is 9.88 Å². The van der Waals surface area contributed by atoms with Crippen LogP contribution < -0.4 is 5.73 Å². The molecule has 1 aromatic heterocycles. The average Bonchev–Trinajstić information content (AvgIpc) is 2.83. The van der Waals surface area contributed by atoms with Crippen LogP contribution in [0.15, 0.2) is 18.2 Å². The first-order chi connectivity index (χ1) is 10.8. The molecule has 0 aliphatic carbocycles. The number of hydrogen-bond acceptors (Lipinski definition) is 3. The second kappa shape index (κ2) is 5.34. The van der Waals surface area contributed by atoms with Gasteiger partial charge in [0.15, 0.2) is 5.60 Å². The van der Waals surface area contributed by atoms with Gasteiger partial charge in [-0.05, 0) is 37.6 Å². The number of nitrogens with two attached hydrogens (primary N) is 1. The van der Waals surface area contributed by atoms with Gasteiger partial charge in [-0.1, -0.05) is 0 Å². The molecular weight excluding hydrogens is 301 g/mol. The van der Waals surface area contributed by atoms with Crippen molar-refractivity contribution in [1.29, 1.82) is 0 Å². The number of carbonyl (C=O) groups is 2. The number of nitrogens with one attached hydrogen (secondary N) is 1. The number of aromatic nitrogens is 1. The van der Waals surface area contributed by atoms with Crippen molar-refractivity contribution in [3.8, 4) is 0 Å². The maximum atomic E-state index is 13.4. The van der Waals surface area contributed by atoms with Crippen molar-refractivity contribution in [3.05, 3.63) is 35.3 Å². The molecule has 2 aromatic rings. The number of aromatic amines is 1. The van der Waals surface area contributed by atoms with Gasteiger partial charge in [0.2, 0.25) is 0 Å². The van der Waals surface area contributed by atoms with Crippen LogP contribution in [0.3, 0.4) is 0 Å². The molecular formula is C16H18FN3O3. The van der Waals surface area contributed by atoms with Crippen molar-refractivity contribution in [2.75, 3.05) is 19.7 Å². The van der Waals surface area contributed by atoms with Crippen LogP contribution >= 0.6 is 0 Å². The normalized spacial score (nSPS) is 21.6. The summed E-state index contributed by atoms with van der Waals surface area (Å²) in [6.45, 7) is 4.02. The van der Waals surface area contributed by atoms with E-state index in [2.05, 4.69) is 4.98 Å². The molecule has 1 saturated heterocycles. The smallest absolute Gasteiger partial charge is 0.270 e. The number of rotatable bonds is 2. The first kappa shape index (κ1) is 15.5. The van der Waals surface area contributed by atoms with E-state index < -0.39 is 11.5 Å². The topological polar surface area (TPSA) is 88.4 Å². The van der Waals surface area contributed by atoms with E-state index in [0.29, 0.717) is 28.7 Å². The fourth-order valence-electron chi connectivity index (χ4n) is 2.86. The Labute approximate surface area is 132 Å². The first-order valence-corrected chi connectivity index (χ1v) is 7.33. The van der Waals surface area contributed by atoms with Crippen LogP contribution in [-0.4, -0.2) is 47.0 Å². The molecule has 3 N–H and O–H groups in total. The van der Waals surface area contributed by atoms with Gasteiger partial charge in [-0.25, -0.2) is 4.39 Å². The highest BCUT2D eigenvalue weighted by Crippen LogP contribution is 2.25. The third-order valence-corrected chi connectivity index (χ3v) is 4.32. The number of amides is 2. The van der Waals surface area contributed by atoms with Crippen LogP contribution in [0.1, 0.15) is 23.0 Å². The van der Waals surface area contributed by atoms with Crippen LogP contribution in [-0.2, 0) is 9.53 Å². The lowest BCUT2D eigenvalue weighted by Gasteiger charge is -2.38. The molecule has 2 amide bonds. The largest absolute Gasteiger partial charge is 0.367 e. The third-order valence-electron chi connectivity index (χ3n) is 4.32. The Balaban J connectivity index is 1.94. The van der Waals surface area contributed by atoms with E-state index in [1.807, 2.05) is 0 Å². The van der Waals surface area contributed by atoms with E-state index in [1.54, 1.807) is 19.9 Å². The van der Waals surface area contributed by atoms with Crippen molar-refractivity contribution in [3.63, 3.8) is 0 Å². The molecule has 1 fully saturated rings. The second-order valence-electron chi connectivity index (χ2n) is 5.99.